The molecule has 1 aliphatic rings. The zero-order chi connectivity index (χ0) is 17.4. The molecule has 0 N–H and O–H groups in total. The van der Waals surface area contributed by atoms with Gasteiger partial charge in [-0.15, -0.1) is 0 Å². The number of hydrogen-bond acceptors (Lipinski definition) is 5. The molecule has 0 fully saturated rings. The first-order valence-corrected chi connectivity index (χ1v) is 7.97. The fourth-order valence-corrected chi connectivity index (χ4v) is 2.94. The lowest BCUT2D eigenvalue weighted by atomic mass is 10.2. The lowest BCUT2D eigenvalue weighted by molar-refractivity contribution is -0.134. The number of rotatable bonds is 3. The molecule has 1 aromatic carbocycles. The highest BCUT2D eigenvalue weighted by Gasteiger charge is 2.24. The fourth-order valence-electron chi connectivity index (χ4n) is 2.94. The quantitative estimate of drug-likeness (QED) is 0.687. The van der Waals surface area contributed by atoms with Gasteiger partial charge in [-0.25, -0.2) is 4.79 Å². The van der Waals surface area contributed by atoms with E-state index in [0.29, 0.717) is 24.4 Å². The van der Waals surface area contributed by atoms with Gasteiger partial charge in [0.15, 0.2) is 6.61 Å². The Balaban J connectivity index is 1.43. The van der Waals surface area contributed by atoms with Gasteiger partial charge in [-0.1, -0.05) is 0 Å². The van der Waals surface area contributed by atoms with E-state index < -0.39 is 5.63 Å². The molecular formula is C19H16N2O4. The maximum Gasteiger partial charge on any atom is 0.336 e. The molecule has 0 atom stereocenters. The monoisotopic (exact) mass is 336 g/mol. The van der Waals surface area contributed by atoms with Gasteiger partial charge >= 0.3 is 5.63 Å². The molecule has 4 rings (SSSR count). The first-order chi connectivity index (χ1) is 12.1. The summed E-state index contributed by atoms with van der Waals surface area (Å²) in [6.45, 7) is 3.00. The van der Waals surface area contributed by atoms with Crippen LogP contribution in [0.4, 0.5) is 0 Å². The van der Waals surface area contributed by atoms with Crippen LogP contribution in [-0.2, 0) is 17.9 Å². The Morgan fingerprint density at radius 2 is 2.00 bits per heavy atom. The van der Waals surface area contributed by atoms with Gasteiger partial charge in [-0.2, -0.15) is 0 Å². The smallest absolute Gasteiger partial charge is 0.336 e. The van der Waals surface area contributed by atoms with Crippen molar-refractivity contribution in [2.45, 2.75) is 20.0 Å². The highest BCUT2D eigenvalue weighted by Crippen LogP contribution is 2.23. The molecule has 25 heavy (non-hydrogen) atoms. The third kappa shape index (κ3) is 3.10. The van der Waals surface area contributed by atoms with E-state index in [2.05, 4.69) is 4.98 Å². The summed E-state index contributed by atoms with van der Waals surface area (Å²) in [5.41, 5.74) is 3.17. The van der Waals surface area contributed by atoms with Crippen molar-refractivity contribution in [3.63, 3.8) is 0 Å². The molecule has 0 spiro atoms. The number of aromatic nitrogens is 1. The van der Waals surface area contributed by atoms with Crippen molar-refractivity contribution in [3.8, 4) is 5.75 Å². The Morgan fingerprint density at radius 3 is 2.88 bits per heavy atom. The second-order valence-electron chi connectivity index (χ2n) is 6.09. The van der Waals surface area contributed by atoms with E-state index in [1.54, 1.807) is 29.2 Å². The van der Waals surface area contributed by atoms with Crippen molar-refractivity contribution < 1.29 is 13.9 Å². The number of ether oxygens (including phenoxy) is 1. The van der Waals surface area contributed by atoms with Crippen molar-refractivity contribution in [1.29, 1.82) is 0 Å². The average Bonchev–Trinajstić information content (AvgIpc) is 3.02. The molecular weight excluding hydrogens is 320 g/mol. The predicted octanol–water partition coefficient (Wildman–Crippen LogP) is 2.42. The first-order valence-electron chi connectivity index (χ1n) is 7.97. The van der Waals surface area contributed by atoms with Gasteiger partial charge in [0.1, 0.15) is 11.3 Å². The highest BCUT2D eigenvalue weighted by atomic mass is 16.5. The van der Waals surface area contributed by atoms with Crippen molar-refractivity contribution in [1.82, 2.24) is 9.88 Å². The molecule has 6 nitrogen and oxygen atoms in total. The minimum absolute atomic E-state index is 0.0665. The second-order valence-corrected chi connectivity index (χ2v) is 6.09. The molecule has 0 aliphatic carbocycles. The number of amides is 1. The summed E-state index contributed by atoms with van der Waals surface area (Å²) in [6, 6.07) is 10.2. The summed E-state index contributed by atoms with van der Waals surface area (Å²) >= 11 is 0. The summed E-state index contributed by atoms with van der Waals surface area (Å²) in [7, 11) is 0. The minimum atomic E-state index is -0.417. The van der Waals surface area contributed by atoms with E-state index in [9.17, 15) is 9.59 Å². The van der Waals surface area contributed by atoms with Crippen LogP contribution in [0.3, 0.4) is 0 Å². The molecule has 1 aliphatic heterocycles. The predicted molar refractivity (Wildman–Crippen MR) is 91.2 cm³/mol. The largest absolute Gasteiger partial charge is 0.484 e. The number of nitrogens with zero attached hydrogens (tertiary/aromatic N) is 2. The molecule has 3 heterocycles. The number of aryl methyl sites for hydroxylation is 1. The summed E-state index contributed by atoms with van der Waals surface area (Å²) < 4.78 is 10.7. The van der Waals surface area contributed by atoms with Crippen LogP contribution >= 0.6 is 0 Å². The van der Waals surface area contributed by atoms with E-state index in [4.69, 9.17) is 9.15 Å². The molecule has 0 saturated carbocycles. The van der Waals surface area contributed by atoms with E-state index in [-0.39, 0.29) is 12.5 Å². The molecule has 0 unspecified atom stereocenters. The van der Waals surface area contributed by atoms with E-state index >= 15 is 0 Å². The zero-order valence-electron chi connectivity index (χ0n) is 13.7. The molecule has 0 radical (unpaired) electrons. The third-order valence-corrected chi connectivity index (χ3v) is 4.25. The van der Waals surface area contributed by atoms with Crippen molar-refractivity contribution in [3.05, 3.63) is 69.8 Å². The van der Waals surface area contributed by atoms with E-state index in [1.807, 2.05) is 19.2 Å². The maximum atomic E-state index is 12.4. The Labute approximate surface area is 143 Å². The number of carbonyl (C=O) groups is 1. The number of pyridine rings is 1. The molecule has 3 aromatic rings. The van der Waals surface area contributed by atoms with Gasteiger partial charge in [0, 0.05) is 42.5 Å². The summed E-state index contributed by atoms with van der Waals surface area (Å²) in [5, 5.41) is 0.802. The first kappa shape index (κ1) is 15.4. The van der Waals surface area contributed by atoms with Crippen LogP contribution in [0.5, 0.6) is 5.75 Å². The standard InChI is InChI=1S/C19H16N2O4/c1-12-6-14-9-21(10-15(14)8-20-12)18(22)11-24-16-4-2-13-3-5-19(23)25-17(13)7-16/h2-8H,9-11H2,1H3. The highest BCUT2D eigenvalue weighted by molar-refractivity contribution is 5.80. The van der Waals surface area contributed by atoms with Gasteiger partial charge < -0.3 is 14.1 Å². The number of fused-ring (bicyclic) bond motifs is 2. The lowest BCUT2D eigenvalue weighted by Crippen LogP contribution is -2.30. The average molecular weight is 336 g/mol. The van der Waals surface area contributed by atoms with Crippen LogP contribution < -0.4 is 10.4 Å². The topological polar surface area (TPSA) is 72.6 Å². The van der Waals surface area contributed by atoms with Gasteiger partial charge in [0.2, 0.25) is 0 Å². The normalized spacial score (nSPS) is 13.1. The molecule has 0 bridgehead atoms. The van der Waals surface area contributed by atoms with Gasteiger partial charge in [-0.05, 0) is 42.3 Å². The zero-order valence-corrected chi connectivity index (χ0v) is 13.7. The van der Waals surface area contributed by atoms with Crippen LogP contribution in [-0.4, -0.2) is 22.4 Å². The van der Waals surface area contributed by atoms with Gasteiger partial charge in [0.05, 0.1) is 0 Å². The van der Waals surface area contributed by atoms with Crippen LogP contribution in [0.15, 0.2) is 51.8 Å². The molecule has 126 valence electrons. The summed E-state index contributed by atoms with van der Waals surface area (Å²) in [4.78, 5) is 29.7. The number of benzene rings is 1. The Bertz CT molecular complexity index is 1030. The number of carbonyl (C=O) groups excluding carboxylic acids is 1. The van der Waals surface area contributed by atoms with Gasteiger partial charge in [0.25, 0.3) is 5.91 Å². The van der Waals surface area contributed by atoms with Crippen molar-refractivity contribution >= 4 is 16.9 Å². The maximum absolute atomic E-state index is 12.4. The molecule has 1 amide bonds. The molecule has 2 aromatic heterocycles. The van der Waals surface area contributed by atoms with Crippen LogP contribution in [0.2, 0.25) is 0 Å². The fraction of sp³-hybridized carbons (Fsp3) is 0.211. The van der Waals surface area contributed by atoms with Crippen LogP contribution in [0.25, 0.3) is 11.0 Å². The van der Waals surface area contributed by atoms with Crippen molar-refractivity contribution in [2.24, 2.45) is 0 Å². The van der Waals surface area contributed by atoms with E-state index in [1.165, 1.54) is 6.07 Å². The third-order valence-electron chi connectivity index (χ3n) is 4.25. The van der Waals surface area contributed by atoms with E-state index in [0.717, 1.165) is 22.2 Å². The number of hydrogen-bond donors (Lipinski definition) is 0. The lowest BCUT2D eigenvalue weighted by Gasteiger charge is -2.15. The Morgan fingerprint density at radius 1 is 1.20 bits per heavy atom. The van der Waals surface area contributed by atoms with Crippen LogP contribution in [0.1, 0.15) is 16.8 Å². The Hall–Kier alpha value is -3.15. The van der Waals surface area contributed by atoms with Gasteiger partial charge in [-0.3, -0.25) is 9.78 Å². The Kier molecular flexibility index (Phi) is 3.72. The van der Waals surface area contributed by atoms with Crippen LogP contribution in [0, 0.1) is 6.92 Å². The second kappa shape index (κ2) is 6.05. The minimum Gasteiger partial charge on any atom is -0.484 e. The summed E-state index contributed by atoms with van der Waals surface area (Å²) in [6.07, 6.45) is 1.82. The molecule has 0 saturated heterocycles. The molecule has 6 heteroatoms. The SMILES string of the molecule is Cc1cc2c(cn1)CN(C(=O)COc1ccc3ccc(=O)oc3c1)C2. The summed E-state index contributed by atoms with van der Waals surface area (Å²) in [5.74, 6) is 0.396. The van der Waals surface area contributed by atoms with Crippen molar-refractivity contribution in [2.75, 3.05) is 6.61 Å².